The molecular weight excluding hydrogens is 508 g/mol. The summed E-state index contributed by atoms with van der Waals surface area (Å²) < 4.78 is 11.3. The highest BCUT2D eigenvalue weighted by Gasteiger charge is 2.43. The topological polar surface area (TPSA) is 100 Å². The number of nitrogens with one attached hydrogen (secondary N) is 2. The van der Waals surface area contributed by atoms with Crippen LogP contribution in [0.4, 0.5) is 11.4 Å². The molecule has 214 valence electrons. The summed E-state index contributed by atoms with van der Waals surface area (Å²) in [4.78, 5) is 43.6. The number of anilines is 2. The van der Waals surface area contributed by atoms with Crippen LogP contribution in [-0.4, -0.2) is 68.8 Å². The Morgan fingerprint density at radius 1 is 1.15 bits per heavy atom. The van der Waals surface area contributed by atoms with Gasteiger partial charge in [0.05, 0.1) is 18.0 Å². The van der Waals surface area contributed by atoms with Crippen molar-refractivity contribution < 1.29 is 23.9 Å². The zero-order valence-electron chi connectivity index (χ0n) is 23.7. The zero-order valence-corrected chi connectivity index (χ0v) is 23.7. The molecule has 0 aromatic heterocycles. The minimum absolute atomic E-state index is 0.0407. The van der Waals surface area contributed by atoms with E-state index in [1.807, 2.05) is 53.4 Å². The van der Waals surface area contributed by atoms with Crippen LogP contribution in [0.25, 0.3) is 0 Å². The van der Waals surface area contributed by atoms with Crippen molar-refractivity contribution in [1.29, 1.82) is 0 Å². The summed E-state index contributed by atoms with van der Waals surface area (Å²) in [6.45, 7) is 5.81. The number of hydrogen-bond acceptors (Lipinski definition) is 6. The van der Waals surface area contributed by atoms with Crippen LogP contribution < -0.4 is 25.2 Å². The van der Waals surface area contributed by atoms with Gasteiger partial charge < -0.3 is 29.9 Å². The van der Waals surface area contributed by atoms with Gasteiger partial charge in [-0.1, -0.05) is 30.3 Å². The van der Waals surface area contributed by atoms with E-state index in [4.69, 9.17) is 9.47 Å². The highest BCUT2D eigenvalue weighted by atomic mass is 16.5. The first kappa shape index (κ1) is 28.1. The van der Waals surface area contributed by atoms with Crippen LogP contribution in [0.1, 0.15) is 45.1 Å². The van der Waals surface area contributed by atoms with Crippen LogP contribution in [0, 0.1) is 5.92 Å². The molecule has 9 nitrogen and oxygen atoms in total. The molecule has 1 aliphatic carbocycles. The van der Waals surface area contributed by atoms with Gasteiger partial charge in [-0.15, -0.1) is 0 Å². The Bertz CT molecular complexity index is 1230. The largest absolute Gasteiger partial charge is 0.476 e. The van der Waals surface area contributed by atoms with Crippen molar-refractivity contribution in [1.82, 2.24) is 10.6 Å². The summed E-state index contributed by atoms with van der Waals surface area (Å²) in [6.07, 6.45) is 3.48. The molecule has 3 amide bonds. The minimum Gasteiger partial charge on any atom is -0.476 e. The van der Waals surface area contributed by atoms with Crippen LogP contribution in [0.2, 0.25) is 0 Å². The molecule has 2 fully saturated rings. The molecular formula is C31H40N4O5. The van der Waals surface area contributed by atoms with E-state index in [1.54, 1.807) is 25.9 Å². The molecule has 9 heteroatoms. The number of hydrogen-bond donors (Lipinski definition) is 2. The van der Waals surface area contributed by atoms with Gasteiger partial charge >= 0.3 is 0 Å². The van der Waals surface area contributed by atoms with E-state index in [0.29, 0.717) is 56.9 Å². The van der Waals surface area contributed by atoms with Crippen molar-refractivity contribution in [2.75, 3.05) is 43.2 Å². The van der Waals surface area contributed by atoms with Crippen molar-refractivity contribution in [3.05, 3.63) is 54.1 Å². The summed E-state index contributed by atoms with van der Waals surface area (Å²) in [5, 5.41) is 6.47. The first-order valence-electron chi connectivity index (χ1n) is 14.3. The summed E-state index contributed by atoms with van der Waals surface area (Å²) in [7, 11) is 1.65. The Hall–Kier alpha value is -3.43. The average Bonchev–Trinajstić information content (AvgIpc) is 3.77. The lowest BCUT2D eigenvalue weighted by molar-refractivity contribution is -0.132. The van der Waals surface area contributed by atoms with Gasteiger partial charge in [0.25, 0.3) is 5.91 Å². The number of piperidine rings is 1. The predicted molar refractivity (Wildman–Crippen MR) is 154 cm³/mol. The maximum absolute atomic E-state index is 14.0. The standard InChI is InChI=1S/C31H40N4O5/c1-31(2)30(38)34(14-7-15-39-3)26-18-25(12-13-27(26)40-31)35(24-10-11-24)29(37)22-17-23(20-32-19-22)33-28(36)16-21-8-5-4-6-9-21/h4-6,8-9,12-13,18,22-24,32H,7,10-11,14-17,19-20H2,1-3H3,(H,33,36)/t22-,23+/m1/s1. The third-order valence-corrected chi connectivity index (χ3v) is 7.79. The SMILES string of the molecule is COCCCN1C(=O)C(C)(C)Oc2ccc(N(C(=O)[C@H]3CNC[C@@H](NC(=O)Cc4ccccc4)C3)C3CC3)cc21. The predicted octanol–water partition coefficient (Wildman–Crippen LogP) is 3.06. The Kier molecular flexibility index (Phi) is 8.42. The third kappa shape index (κ3) is 6.31. The van der Waals surface area contributed by atoms with Crippen LogP contribution in [0.15, 0.2) is 48.5 Å². The maximum Gasteiger partial charge on any atom is 0.270 e. The van der Waals surface area contributed by atoms with Gasteiger partial charge in [-0.2, -0.15) is 0 Å². The summed E-state index contributed by atoms with van der Waals surface area (Å²) >= 11 is 0. The van der Waals surface area contributed by atoms with E-state index in [9.17, 15) is 14.4 Å². The fourth-order valence-electron chi connectivity index (χ4n) is 5.64. The number of ether oxygens (including phenoxy) is 2. The zero-order chi connectivity index (χ0) is 28.3. The van der Waals surface area contributed by atoms with E-state index in [0.717, 1.165) is 24.1 Å². The summed E-state index contributed by atoms with van der Waals surface area (Å²) in [5.74, 6) is 0.270. The second-order valence-corrected chi connectivity index (χ2v) is 11.5. The second kappa shape index (κ2) is 12.0. The summed E-state index contributed by atoms with van der Waals surface area (Å²) in [6, 6.07) is 15.4. The van der Waals surface area contributed by atoms with E-state index in [-0.39, 0.29) is 35.7 Å². The average molecular weight is 549 g/mol. The Balaban J connectivity index is 1.31. The van der Waals surface area contributed by atoms with Gasteiger partial charge in [-0.3, -0.25) is 14.4 Å². The Morgan fingerprint density at radius 3 is 2.65 bits per heavy atom. The van der Waals surface area contributed by atoms with Crippen molar-refractivity contribution >= 4 is 29.1 Å². The molecule has 2 aliphatic heterocycles. The van der Waals surface area contributed by atoms with E-state index >= 15 is 0 Å². The number of carbonyl (C=O) groups excluding carboxylic acids is 3. The number of methoxy groups -OCH3 is 1. The van der Waals surface area contributed by atoms with Gasteiger partial charge in [0.15, 0.2) is 5.60 Å². The maximum atomic E-state index is 14.0. The molecule has 1 saturated heterocycles. The molecule has 2 aromatic carbocycles. The van der Waals surface area contributed by atoms with Gasteiger partial charge in [-0.05, 0) is 63.3 Å². The quantitative estimate of drug-likeness (QED) is 0.443. The lowest BCUT2D eigenvalue weighted by atomic mass is 9.93. The molecule has 0 spiro atoms. The van der Waals surface area contributed by atoms with E-state index in [2.05, 4.69) is 10.6 Å². The first-order chi connectivity index (χ1) is 19.3. The van der Waals surface area contributed by atoms with Crippen molar-refractivity contribution in [2.45, 2.75) is 63.6 Å². The van der Waals surface area contributed by atoms with E-state index in [1.165, 1.54) is 0 Å². The molecule has 0 unspecified atom stereocenters. The van der Waals surface area contributed by atoms with E-state index < -0.39 is 5.60 Å². The molecule has 1 saturated carbocycles. The second-order valence-electron chi connectivity index (χ2n) is 11.5. The third-order valence-electron chi connectivity index (χ3n) is 7.79. The number of benzene rings is 2. The minimum atomic E-state index is -0.971. The van der Waals surface area contributed by atoms with Crippen molar-refractivity contribution in [3.8, 4) is 5.75 Å². The highest BCUT2D eigenvalue weighted by molar-refractivity contribution is 6.04. The fraction of sp³-hybridized carbons (Fsp3) is 0.516. The monoisotopic (exact) mass is 548 g/mol. The molecule has 5 rings (SSSR count). The lowest BCUT2D eigenvalue weighted by Crippen LogP contribution is -2.54. The van der Waals surface area contributed by atoms with Crippen LogP contribution >= 0.6 is 0 Å². The highest BCUT2D eigenvalue weighted by Crippen LogP contribution is 2.42. The number of carbonyl (C=O) groups is 3. The number of nitrogens with zero attached hydrogens (tertiary/aromatic N) is 2. The van der Waals surface area contributed by atoms with Crippen LogP contribution in [0.3, 0.4) is 0 Å². The van der Waals surface area contributed by atoms with Crippen LogP contribution in [-0.2, 0) is 25.5 Å². The van der Waals surface area contributed by atoms with Gasteiger partial charge in [0.2, 0.25) is 11.8 Å². The van der Waals surface area contributed by atoms with Gasteiger partial charge in [-0.25, -0.2) is 0 Å². The fourth-order valence-corrected chi connectivity index (χ4v) is 5.64. The smallest absolute Gasteiger partial charge is 0.270 e. The molecule has 2 N–H and O–H groups in total. The Morgan fingerprint density at radius 2 is 1.93 bits per heavy atom. The first-order valence-corrected chi connectivity index (χ1v) is 14.3. The van der Waals surface area contributed by atoms with Crippen molar-refractivity contribution in [3.63, 3.8) is 0 Å². The van der Waals surface area contributed by atoms with Gasteiger partial charge in [0, 0.05) is 51.1 Å². The normalized spacial score (nSPS) is 21.8. The number of rotatable bonds is 10. The lowest BCUT2D eigenvalue weighted by Gasteiger charge is -2.40. The Labute approximate surface area is 236 Å². The molecule has 3 aliphatic rings. The summed E-state index contributed by atoms with van der Waals surface area (Å²) in [5.41, 5.74) is 1.45. The molecule has 0 bridgehead atoms. The molecule has 2 aromatic rings. The molecule has 2 atom stereocenters. The molecule has 40 heavy (non-hydrogen) atoms. The van der Waals surface area contributed by atoms with Gasteiger partial charge in [0.1, 0.15) is 5.75 Å². The number of fused-ring (bicyclic) bond motifs is 1. The van der Waals surface area contributed by atoms with Crippen LogP contribution in [0.5, 0.6) is 5.75 Å². The molecule has 2 heterocycles. The van der Waals surface area contributed by atoms with Crippen molar-refractivity contribution in [2.24, 2.45) is 5.92 Å². The molecule has 0 radical (unpaired) electrons. The number of amides is 3.